The van der Waals surface area contributed by atoms with Crippen LogP contribution >= 0.6 is 0 Å². The van der Waals surface area contributed by atoms with Crippen molar-refractivity contribution >= 4 is 11.6 Å². The topological polar surface area (TPSA) is 91.8 Å². The Balaban J connectivity index is 1.82. The zero-order chi connectivity index (χ0) is 15.4. The van der Waals surface area contributed by atoms with E-state index in [9.17, 15) is 4.79 Å². The van der Waals surface area contributed by atoms with Crippen LogP contribution in [0.4, 0.5) is 5.69 Å². The van der Waals surface area contributed by atoms with Gasteiger partial charge in [0.05, 0.1) is 11.6 Å². The van der Waals surface area contributed by atoms with Crippen LogP contribution in [0.3, 0.4) is 0 Å². The van der Waals surface area contributed by atoms with Gasteiger partial charge in [-0.15, -0.1) is 10.2 Å². The van der Waals surface area contributed by atoms with Crippen LogP contribution in [-0.2, 0) is 0 Å². The van der Waals surface area contributed by atoms with Crippen LogP contribution in [0.15, 0.2) is 59.3 Å². The lowest BCUT2D eigenvalue weighted by Crippen LogP contribution is -2.11. The third-order valence-electron chi connectivity index (χ3n) is 2.98. The van der Waals surface area contributed by atoms with Crippen molar-refractivity contribution in [2.45, 2.75) is 0 Å². The molecule has 22 heavy (non-hydrogen) atoms. The molecule has 1 aromatic heterocycles. The Kier molecular flexibility index (Phi) is 3.62. The molecule has 0 aliphatic heterocycles. The fourth-order valence-corrected chi connectivity index (χ4v) is 1.96. The van der Waals surface area contributed by atoms with Gasteiger partial charge in [0, 0.05) is 16.8 Å². The molecule has 0 saturated carbocycles. The Morgan fingerprint density at radius 2 is 2.05 bits per heavy atom. The van der Waals surface area contributed by atoms with Gasteiger partial charge in [-0.1, -0.05) is 12.1 Å². The number of carbonyl (C=O) groups excluding carboxylic acids is 1. The SMILES string of the molecule is N#Cc1cccc(C(=O)Nc2cccc(-c3nnco3)c2)c1. The van der Waals surface area contributed by atoms with E-state index in [1.165, 1.54) is 12.5 Å². The zero-order valence-electron chi connectivity index (χ0n) is 11.4. The summed E-state index contributed by atoms with van der Waals surface area (Å²) >= 11 is 0. The van der Waals surface area contributed by atoms with Crippen molar-refractivity contribution < 1.29 is 9.21 Å². The van der Waals surface area contributed by atoms with Crippen molar-refractivity contribution in [3.8, 4) is 17.5 Å². The van der Waals surface area contributed by atoms with E-state index in [-0.39, 0.29) is 5.91 Å². The first-order chi connectivity index (χ1) is 10.8. The van der Waals surface area contributed by atoms with Crippen LogP contribution in [0.25, 0.3) is 11.5 Å². The molecule has 1 N–H and O–H groups in total. The van der Waals surface area contributed by atoms with E-state index in [2.05, 4.69) is 15.5 Å². The number of nitrogens with one attached hydrogen (secondary N) is 1. The number of nitrogens with zero attached hydrogens (tertiary/aromatic N) is 3. The Morgan fingerprint density at radius 3 is 2.82 bits per heavy atom. The minimum Gasteiger partial charge on any atom is -0.423 e. The Bertz CT molecular complexity index is 851. The van der Waals surface area contributed by atoms with Crippen LogP contribution in [0.2, 0.25) is 0 Å². The van der Waals surface area contributed by atoms with Gasteiger partial charge in [0.15, 0.2) is 0 Å². The lowest BCUT2D eigenvalue weighted by molar-refractivity contribution is 0.102. The molecule has 0 aliphatic rings. The third kappa shape index (κ3) is 2.83. The standard InChI is InChI=1S/C16H10N4O2/c17-9-11-3-1-4-12(7-11)15(21)19-14-6-2-5-13(8-14)16-20-18-10-22-16/h1-8,10H,(H,19,21). The Labute approximate surface area is 126 Å². The number of amides is 1. The molecule has 106 valence electrons. The zero-order valence-corrected chi connectivity index (χ0v) is 11.4. The van der Waals surface area contributed by atoms with Crippen LogP contribution in [-0.4, -0.2) is 16.1 Å². The fourth-order valence-electron chi connectivity index (χ4n) is 1.96. The van der Waals surface area contributed by atoms with Crippen molar-refractivity contribution in [2.24, 2.45) is 0 Å². The molecule has 3 rings (SSSR count). The van der Waals surface area contributed by atoms with Gasteiger partial charge in [0.25, 0.3) is 5.91 Å². The van der Waals surface area contributed by atoms with E-state index < -0.39 is 0 Å². The molecule has 0 atom stereocenters. The predicted octanol–water partition coefficient (Wildman–Crippen LogP) is 2.86. The smallest absolute Gasteiger partial charge is 0.255 e. The van der Waals surface area contributed by atoms with Gasteiger partial charge in [0.2, 0.25) is 12.3 Å². The Hall–Kier alpha value is -3.46. The van der Waals surface area contributed by atoms with Crippen molar-refractivity contribution in [2.75, 3.05) is 5.32 Å². The highest BCUT2D eigenvalue weighted by atomic mass is 16.4. The first-order valence-electron chi connectivity index (χ1n) is 6.44. The van der Waals surface area contributed by atoms with Crippen molar-refractivity contribution in [1.29, 1.82) is 5.26 Å². The predicted molar refractivity (Wildman–Crippen MR) is 78.8 cm³/mol. The van der Waals surface area contributed by atoms with E-state index in [0.717, 1.165) is 0 Å². The lowest BCUT2D eigenvalue weighted by Gasteiger charge is -2.06. The molecule has 6 heteroatoms. The quantitative estimate of drug-likeness (QED) is 0.800. The van der Waals surface area contributed by atoms with E-state index in [1.807, 2.05) is 6.07 Å². The molecule has 0 fully saturated rings. The first kappa shape index (κ1) is 13.5. The molecule has 3 aromatic rings. The van der Waals surface area contributed by atoms with Crippen LogP contribution < -0.4 is 5.32 Å². The molecule has 0 unspecified atom stereocenters. The second-order valence-corrected chi connectivity index (χ2v) is 4.47. The van der Waals surface area contributed by atoms with Crippen LogP contribution in [0.1, 0.15) is 15.9 Å². The molecule has 0 saturated heterocycles. The maximum absolute atomic E-state index is 12.2. The summed E-state index contributed by atoms with van der Waals surface area (Å²) in [6.45, 7) is 0. The van der Waals surface area contributed by atoms with Gasteiger partial charge in [-0.2, -0.15) is 5.26 Å². The molecule has 6 nitrogen and oxygen atoms in total. The van der Waals surface area contributed by atoms with Gasteiger partial charge in [-0.3, -0.25) is 4.79 Å². The summed E-state index contributed by atoms with van der Waals surface area (Å²) in [4.78, 5) is 12.2. The molecular weight excluding hydrogens is 280 g/mol. The molecule has 1 amide bonds. The van der Waals surface area contributed by atoms with Crippen molar-refractivity contribution in [3.05, 3.63) is 66.1 Å². The molecule has 0 radical (unpaired) electrons. The molecule has 1 heterocycles. The molecular formula is C16H10N4O2. The minimum absolute atomic E-state index is 0.292. The highest BCUT2D eigenvalue weighted by molar-refractivity contribution is 6.04. The Morgan fingerprint density at radius 1 is 1.18 bits per heavy atom. The number of hydrogen-bond donors (Lipinski definition) is 1. The van der Waals surface area contributed by atoms with E-state index in [4.69, 9.17) is 9.68 Å². The third-order valence-corrected chi connectivity index (χ3v) is 2.98. The summed E-state index contributed by atoms with van der Waals surface area (Å²) in [5, 5.41) is 19.1. The summed E-state index contributed by atoms with van der Waals surface area (Å²) < 4.78 is 5.12. The minimum atomic E-state index is -0.292. The molecule has 0 aliphatic carbocycles. The van der Waals surface area contributed by atoms with Gasteiger partial charge < -0.3 is 9.73 Å². The summed E-state index contributed by atoms with van der Waals surface area (Å²) in [6, 6.07) is 15.6. The monoisotopic (exact) mass is 290 g/mol. The number of aromatic nitrogens is 2. The number of nitriles is 1. The number of anilines is 1. The fraction of sp³-hybridized carbons (Fsp3) is 0. The van der Waals surface area contributed by atoms with E-state index in [1.54, 1.807) is 42.5 Å². The largest absolute Gasteiger partial charge is 0.423 e. The first-order valence-corrected chi connectivity index (χ1v) is 6.44. The van der Waals surface area contributed by atoms with Gasteiger partial charge in [-0.05, 0) is 36.4 Å². The summed E-state index contributed by atoms with van der Waals surface area (Å²) in [5.41, 5.74) is 2.17. The molecule has 0 spiro atoms. The van der Waals surface area contributed by atoms with E-state index >= 15 is 0 Å². The van der Waals surface area contributed by atoms with Crippen molar-refractivity contribution in [1.82, 2.24) is 10.2 Å². The number of benzene rings is 2. The number of rotatable bonds is 3. The van der Waals surface area contributed by atoms with Gasteiger partial charge >= 0.3 is 0 Å². The lowest BCUT2D eigenvalue weighted by atomic mass is 10.1. The average molecular weight is 290 g/mol. The van der Waals surface area contributed by atoms with Gasteiger partial charge in [0.1, 0.15) is 0 Å². The number of carbonyl (C=O) groups is 1. The van der Waals surface area contributed by atoms with Crippen LogP contribution in [0, 0.1) is 11.3 Å². The normalized spacial score (nSPS) is 9.95. The maximum atomic E-state index is 12.2. The van der Waals surface area contributed by atoms with E-state index in [0.29, 0.717) is 28.3 Å². The summed E-state index contributed by atoms with van der Waals surface area (Å²) in [5.74, 6) is 0.0855. The second kappa shape index (κ2) is 5.89. The second-order valence-electron chi connectivity index (χ2n) is 4.47. The summed E-state index contributed by atoms with van der Waals surface area (Å²) in [7, 11) is 0. The number of hydrogen-bond acceptors (Lipinski definition) is 5. The summed E-state index contributed by atoms with van der Waals surface area (Å²) in [6.07, 6.45) is 1.24. The average Bonchev–Trinajstić information content (AvgIpc) is 3.10. The van der Waals surface area contributed by atoms with Gasteiger partial charge in [-0.25, -0.2) is 0 Å². The molecule has 0 bridgehead atoms. The highest BCUT2D eigenvalue weighted by Gasteiger charge is 2.09. The molecule has 2 aromatic carbocycles. The highest BCUT2D eigenvalue weighted by Crippen LogP contribution is 2.20. The maximum Gasteiger partial charge on any atom is 0.255 e. The van der Waals surface area contributed by atoms with Crippen molar-refractivity contribution in [3.63, 3.8) is 0 Å². The van der Waals surface area contributed by atoms with Crippen LogP contribution in [0.5, 0.6) is 0 Å².